The summed E-state index contributed by atoms with van der Waals surface area (Å²) < 4.78 is 2.35. The Morgan fingerprint density at radius 2 is 2.00 bits per heavy atom. The summed E-state index contributed by atoms with van der Waals surface area (Å²) in [5.74, 6) is 1.24. The molecule has 1 N–H and O–H groups in total. The molecule has 3 heteroatoms. The predicted molar refractivity (Wildman–Crippen MR) is 86.1 cm³/mol. The summed E-state index contributed by atoms with van der Waals surface area (Å²) in [6.45, 7) is 5.45. The Bertz CT molecular complexity index is 530. The molecule has 1 atom stereocenters. The van der Waals surface area contributed by atoms with Crippen LogP contribution in [0.4, 0.5) is 0 Å². The van der Waals surface area contributed by atoms with Crippen LogP contribution in [0.25, 0.3) is 11.0 Å². The van der Waals surface area contributed by atoms with Crippen LogP contribution in [0.5, 0.6) is 0 Å². The largest absolute Gasteiger partial charge is 0.328 e. The molecule has 0 aliphatic rings. The normalized spacial score (nSPS) is 12.9. The van der Waals surface area contributed by atoms with Crippen LogP contribution in [0.15, 0.2) is 24.3 Å². The highest BCUT2D eigenvalue weighted by atomic mass is 15.1. The molecule has 0 fully saturated rings. The molecule has 2 aromatic rings. The molecule has 20 heavy (non-hydrogen) atoms. The molecule has 0 aliphatic heterocycles. The molecule has 2 rings (SSSR count). The fourth-order valence-corrected chi connectivity index (χ4v) is 2.96. The second kappa shape index (κ2) is 7.44. The number of fused-ring (bicyclic) bond motifs is 1. The quantitative estimate of drug-likeness (QED) is 0.793. The Balaban J connectivity index is 2.02. The average molecular weight is 273 g/mol. The molecule has 0 saturated heterocycles. The highest BCUT2D eigenvalue weighted by molar-refractivity contribution is 5.75. The monoisotopic (exact) mass is 273 g/mol. The van der Waals surface area contributed by atoms with Crippen molar-refractivity contribution in [2.45, 2.75) is 58.5 Å². The third-order valence-electron chi connectivity index (χ3n) is 4.05. The first-order valence-corrected chi connectivity index (χ1v) is 7.91. The van der Waals surface area contributed by atoms with Gasteiger partial charge in [0.2, 0.25) is 0 Å². The van der Waals surface area contributed by atoms with Crippen molar-refractivity contribution in [1.82, 2.24) is 14.9 Å². The molecule has 0 spiro atoms. The SMILES string of the molecule is CCCC(CCCc1nc2ccccc2n1CC)NC. The van der Waals surface area contributed by atoms with E-state index >= 15 is 0 Å². The first-order chi connectivity index (χ1) is 9.80. The number of aromatic nitrogens is 2. The number of aryl methyl sites for hydroxylation is 2. The molecule has 0 radical (unpaired) electrons. The highest BCUT2D eigenvalue weighted by Crippen LogP contribution is 2.18. The molecular formula is C17H27N3. The lowest BCUT2D eigenvalue weighted by atomic mass is 10.1. The number of nitrogens with one attached hydrogen (secondary N) is 1. The highest BCUT2D eigenvalue weighted by Gasteiger charge is 2.10. The minimum Gasteiger partial charge on any atom is -0.328 e. The summed E-state index contributed by atoms with van der Waals surface area (Å²) in [5.41, 5.74) is 2.40. The van der Waals surface area contributed by atoms with Crippen LogP contribution in [0.3, 0.4) is 0 Å². The summed E-state index contributed by atoms with van der Waals surface area (Å²) in [4.78, 5) is 4.79. The van der Waals surface area contributed by atoms with Crippen LogP contribution in [0, 0.1) is 0 Å². The van der Waals surface area contributed by atoms with Crippen molar-refractivity contribution in [3.63, 3.8) is 0 Å². The van der Waals surface area contributed by atoms with Gasteiger partial charge in [0.15, 0.2) is 0 Å². The third kappa shape index (κ3) is 3.40. The van der Waals surface area contributed by atoms with Gasteiger partial charge in [0.05, 0.1) is 11.0 Å². The molecule has 0 amide bonds. The first kappa shape index (κ1) is 15.0. The number of imidazole rings is 1. The van der Waals surface area contributed by atoms with Gasteiger partial charge in [-0.05, 0) is 45.4 Å². The van der Waals surface area contributed by atoms with E-state index in [-0.39, 0.29) is 0 Å². The number of hydrogen-bond donors (Lipinski definition) is 1. The second-order valence-corrected chi connectivity index (χ2v) is 5.43. The number of para-hydroxylation sites is 2. The molecule has 0 aliphatic carbocycles. The van der Waals surface area contributed by atoms with E-state index < -0.39 is 0 Å². The van der Waals surface area contributed by atoms with E-state index in [2.05, 4.69) is 55.0 Å². The fourth-order valence-electron chi connectivity index (χ4n) is 2.96. The van der Waals surface area contributed by atoms with Gasteiger partial charge in [-0.3, -0.25) is 0 Å². The molecule has 1 heterocycles. The topological polar surface area (TPSA) is 29.9 Å². The molecular weight excluding hydrogens is 246 g/mol. The Morgan fingerprint density at radius 1 is 1.20 bits per heavy atom. The minimum atomic E-state index is 0.652. The van der Waals surface area contributed by atoms with Gasteiger partial charge in [-0.15, -0.1) is 0 Å². The van der Waals surface area contributed by atoms with E-state index in [0.717, 1.165) is 18.5 Å². The van der Waals surface area contributed by atoms with Gasteiger partial charge in [0, 0.05) is 19.0 Å². The lowest BCUT2D eigenvalue weighted by Gasteiger charge is -2.14. The van der Waals surface area contributed by atoms with E-state index in [0.29, 0.717) is 6.04 Å². The second-order valence-electron chi connectivity index (χ2n) is 5.43. The van der Waals surface area contributed by atoms with E-state index in [1.807, 2.05) is 0 Å². The van der Waals surface area contributed by atoms with Gasteiger partial charge < -0.3 is 9.88 Å². The van der Waals surface area contributed by atoms with Crippen LogP contribution < -0.4 is 5.32 Å². The zero-order valence-electron chi connectivity index (χ0n) is 13.0. The van der Waals surface area contributed by atoms with Gasteiger partial charge in [0.1, 0.15) is 5.82 Å². The van der Waals surface area contributed by atoms with Crippen molar-refractivity contribution in [2.24, 2.45) is 0 Å². The molecule has 0 saturated carbocycles. The summed E-state index contributed by atoms with van der Waals surface area (Å²) in [7, 11) is 2.07. The summed E-state index contributed by atoms with van der Waals surface area (Å²) in [6.07, 6.45) is 6.02. The smallest absolute Gasteiger partial charge is 0.109 e. The zero-order chi connectivity index (χ0) is 14.4. The van der Waals surface area contributed by atoms with Crippen LogP contribution in [0.2, 0.25) is 0 Å². The number of nitrogens with zero attached hydrogens (tertiary/aromatic N) is 2. The van der Waals surface area contributed by atoms with E-state index in [9.17, 15) is 0 Å². The van der Waals surface area contributed by atoms with Crippen molar-refractivity contribution in [3.8, 4) is 0 Å². The lowest BCUT2D eigenvalue weighted by Crippen LogP contribution is -2.24. The minimum absolute atomic E-state index is 0.652. The predicted octanol–water partition coefficient (Wildman–Crippen LogP) is 3.77. The van der Waals surface area contributed by atoms with Crippen LogP contribution in [-0.2, 0) is 13.0 Å². The van der Waals surface area contributed by atoms with Crippen molar-refractivity contribution < 1.29 is 0 Å². The molecule has 1 unspecified atom stereocenters. The Kier molecular flexibility index (Phi) is 5.60. The maximum absolute atomic E-state index is 4.79. The average Bonchev–Trinajstić information content (AvgIpc) is 2.83. The van der Waals surface area contributed by atoms with Crippen molar-refractivity contribution in [1.29, 1.82) is 0 Å². The van der Waals surface area contributed by atoms with Gasteiger partial charge in [-0.25, -0.2) is 4.98 Å². The molecule has 0 bridgehead atoms. The Hall–Kier alpha value is -1.35. The Labute approximate surface area is 122 Å². The zero-order valence-corrected chi connectivity index (χ0v) is 13.0. The number of hydrogen-bond acceptors (Lipinski definition) is 2. The number of benzene rings is 1. The van der Waals surface area contributed by atoms with Gasteiger partial charge in [-0.2, -0.15) is 0 Å². The standard InChI is InChI=1S/C17H27N3/c1-4-9-14(18-3)10-8-13-17-19-15-11-6-7-12-16(15)20(17)5-2/h6-7,11-12,14,18H,4-5,8-10,13H2,1-3H3. The molecule has 110 valence electrons. The van der Waals surface area contributed by atoms with Gasteiger partial charge in [-0.1, -0.05) is 25.5 Å². The third-order valence-corrected chi connectivity index (χ3v) is 4.05. The molecule has 1 aromatic heterocycles. The first-order valence-electron chi connectivity index (χ1n) is 7.91. The van der Waals surface area contributed by atoms with Gasteiger partial charge in [0.25, 0.3) is 0 Å². The molecule has 3 nitrogen and oxygen atoms in total. The van der Waals surface area contributed by atoms with E-state index in [4.69, 9.17) is 4.98 Å². The molecule has 1 aromatic carbocycles. The van der Waals surface area contributed by atoms with Gasteiger partial charge >= 0.3 is 0 Å². The summed E-state index contributed by atoms with van der Waals surface area (Å²) >= 11 is 0. The van der Waals surface area contributed by atoms with Crippen molar-refractivity contribution >= 4 is 11.0 Å². The fraction of sp³-hybridized carbons (Fsp3) is 0.588. The van der Waals surface area contributed by atoms with Crippen LogP contribution >= 0.6 is 0 Å². The van der Waals surface area contributed by atoms with Crippen molar-refractivity contribution in [3.05, 3.63) is 30.1 Å². The number of rotatable bonds is 8. The van der Waals surface area contributed by atoms with Crippen LogP contribution in [-0.4, -0.2) is 22.6 Å². The summed E-state index contributed by atoms with van der Waals surface area (Å²) in [5, 5.41) is 3.42. The maximum atomic E-state index is 4.79. The Morgan fingerprint density at radius 3 is 2.70 bits per heavy atom. The van der Waals surface area contributed by atoms with E-state index in [1.54, 1.807) is 0 Å². The van der Waals surface area contributed by atoms with Crippen molar-refractivity contribution in [2.75, 3.05) is 7.05 Å². The lowest BCUT2D eigenvalue weighted by molar-refractivity contribution is 0.465. The maximum Gasteiger partial charge on any atom is 0.109 e. The van der Waals surface area contributed by atoms with E-state index in [1.165, 1.54) is 37.0 Å². The summed E-state index contributed by atoms with van der Waals surface area (Å²) in [6, 6.07) is 9.09. The van der Waals surface area contributed by atoms with Crippen LogP contribution in [0.1, 0.15) is 45.4 Å².